The van der Waals surface area contributed by atoms with Crippen molar-refractivity contribution in [3.63, 3.8) is 0 Å². The van der Waals surface area contributed by atoms with Crippen LogP contribution in [0.4, 0.5) is 0 Å². The molecule has 98 valence electrons. The fourth-order valence-electron chi connectivity index (χ4n) is 1.95. The third-order valence-electron chi connectivity index (χ3n) is 2.87. The van der Waals surface area contributed by atoms with E-state index in [1.807, 2.05) is 41.1 Å². The zero-order valence-corrected chi connectivity index (χ0v) is 12.1. The maximum atomic E-state index is 11.5. The van der Waals surface area contributed by atoms with Crippen molar-refractivity contribution < 1.29 is 4.79 Å². The Morgan fingerprint density at radius 2 is 1.32 bits per heavy atom. The first-order chi connectivity index (χ1) is 9.24. The average Bonchev–Trinajstić information content (AvgIpc) is 2.46. The van der Waals surface area contributed by atoms with E-state index in [9.17, 15) is 4.79 Å². The molecule has 2 aromatic rings. The number of carbonyl (C=O) groups excluding carboxylic acids is 1. The lowest BCUT2D eigenvalue weighted by Crippen LogP contribution is -2.32. The van der Waals surface area contributed by atoms with Crippen molar-refractivity contribution in [3.8, 4) is 0 Å². The standard InChI is InChI=1S/C16H18NOP/c1-14(2)17(13-18)19(15-9-5-3-6-10-15)16-11-7-4-8-12-16/h3-14H,1-2H3. The molecule has 0 aliphatic rings. The van der Waals surface area contributed by atoms with Crippen molar-refractivity contribution >= 4 is 25.1 Å². The zero-order valence-electron chi connectivity index (χ0n) is 11.2. The van der Waals surface area contributed by atoms with Gasteiger partial charge in [-0.2, -0.15) is 0 Å². The Balaban J connectivity index is 2.48. The highest BCUT2D eigenvalue weighted by Gasteiger charge is 2.23. The minimum absolute atomic E-state index is 0.184. The first-order valence-corrected chi connectivity index (χ1v) is 7.67. The van der Waals surface area contributed by atoms with E-state index in [1.165, 1.54) is 10.6 Å². The molecule has 0 N–H and O–H groups in total. The van der Waals surface area contributed by atoms with Crippen LogP contribution in [0.25, 0.3) is 0 Å². The Morgan fingerprint density at radius 1 is 0.895 bits per heavy atom. The number of amides is 1. The van der Waals surface area contributed by atoms with Crippen LogP contribution in [0.1, 0.15) is 13.8 Å². The molecule has 0 atom stereocenters. The maximum absolute atomic E-state index is 11.5. The minimum Gasteiger partial charge on any atom is -0.314 e. The summed E-state index contributed by atoms with van der Waals surface area (Å²) in [6.07, 6.45) is 0.969. The predicted molar refractivity (Wildman–Crippen MR) is 82.1 cm³/mol. The number of benzene rings is 2. The summed E-state index contributed by atoms with van der Waals surface area (Å²) >= 11 is 0. The van der Waals surface area contributed by atoms with E-state index in [0.29, 0.717) is 0 Å². The van der Waals surface area contributed by atoms with Gasteiger partial charge in [0.15, 0.2) is 0 Å². The third kappa shape index (κ3) is 3.21. The molecule has 0 unspecified atom stereocenters. The van der Waals surface area contributed by atoms with E-state index in [0.717, 1.165) is 6.41 Å². The summed E-state index contributed by atoms with van der Waals surface area (Å²) in [7, 11) is -0.789. The molecule has 2 aromatic carbocycles. The lowest BCUT2D eigenvalue weighted by atomic mass is 10.4. The Kier molecular flexibility index (Phi) is 4.70. The van der Waals surface area contributed by atoms with E-state index in [2.05, 4.69) is 38.1 Å². The van der Waals surface area contributed by atoms with Gasteiger partial charge in [-0.05, 0) is 13.8 Å². The second kappa shape index (κ2) is 6.49. The lowest BCUT2D eigenvalue weighted by Gasteiger charge is -2.32. The fourth-order valence-corrected chi connectivity index (χ4v) is 4.25. The van der Waals surface area contributed by atoms with Crippen LogP contribution >= 0.6 is 8.07 Å². The molecule has 0 heterocycles. The zero-order chi connectivity index (χ0) is 13.7. The van der Waals surface area contributed by atoms with Crippen LogP contribution in [0, 0.1) is 0 Å². The number of rotatable bonds is 5. The van der Waals surface area contributed by atoms with E-state index in [4.69, 9.17) is 0 Å². The van der Waals surface area contributed by atoms with Gasteiger partial charge in [0, 0.05) is 16.7 Å². The van der Waals surface area contributed by atoms with Gasteiger partial charge in [0.2, 0.25) is 6.41 Å². The molecule has 1 amide bonds. The topological polar surface area (TPSA) is 20.3 Å². The molecule has 0 aliphatic carbocycles. The highest BCUT2D eigenvalue weighted by atomic mass is 31.1. The van der Waals surface area contributed by atoms with Crippen LogP contribution in [0.15, 0.2) is 60.7 Å². The Labute approximate surface area is 115 Å². The molecular formula is C16H18NOP. The Morgan fingerprint density at radius 3 is 1.63 bits per heavy atom. The highest BCUT2D eigenvalue weighted by molar-refractivity contribution is 7.71. The Hall–Kier alpha value is -1.66. The molecule has 0 fully saturated rings. The molecular weight excluding hydrogens is 253 g/mol. The highest BCUT2D eigenvalue weighted by Crippen LogP contribution is 2.38. The Bertz CT molecular complexity index is 473. The van der Waals surface area contributed by atoms with Crippen molar-refractivity contribution in [2.45, 2.75) is 19.9 Å². The minimum atomic E-state index is -0.789. The second-order valence-corrected chi connectivity index (χ2v) is 6.68. The molecule has 2 rings (SSSR count). The second-order valence-electron chi connectivity index (χ2n) is 4.56. The first-order valence-electron chi connectivity index (χ1n) is 6.38. The smallest absolute Gasteiger partial charge is 0.213 e. The maximum Gasteiger partial charge on any atom is 0.213 e. The molecule has 19 heavy (non-hydrogen) atoms. The fraction of sp³-hybridized carbons (Fsp3) is 0.188. The van der Waals surface area contributed by atoms with Crippen LogP contribution < -0.4 is 10.6 Å². The van der Waals surface area contributed by atoms with Gasteiger partial charge in [-0.1, -0.05) is 60.7 Å². The van der Waals surface area contributed by atoms with Crippen molar-refractivity contribution in [3.05, 3.63) is 60.7 Å². The van der Waals surface area contributed by atoms with Crippen LogP contribution in [-0.4, -0.2) is 17.1 Å². The normalized spacial score (nSPS) is 10.7. The molecule has 0 radical (unpaired) electrons. The molecule has 0 bridgehead atoms. The SMILES string of the molecule is CC(C)N(C=O)P(c1ccccc1)c1ccccc1. The molecule has 0 saturated carbocycles. The lowest BCUT2D eigenvalue weighted by molar-refractivity contribution is -0.114. The molecule has 0 saturated heterocycles. The van der Waals surface area contributed by atoms with Crippen LogP contribution in [-0.2, 0) is 4.79 Å². The van der Waals surface area contributed by atoms with Crippen molar-refractivity contribution in [2.75, 3.05) is 0 Å². The average molecular weight is 271 g/mol. The van der Waals surface area contributed by atoms with Gasteiger partial charge in [0.25, 0.3) is 0 Å². The molecule has 3 heteroatoms. The van der Waals surface area contributed by atoms with Gasteiger partial charge >= 0.3 is 0 Å². The van der Waals surface area contributed by atoms with Crippen molar-refractivity contribution in [2.24, 2.45) is 0 Å². The largest absolute Gasteiger partial charge is 0.314 e. The summed E-state index contributed by atoms with van der Waals surface area (Å²) in [5, 5.41) is 2.40. The quantitative estimate of drug-likeness (QED) is 0.605. The molecule has 0 aromatic heterocycles. The van der Waals surface area contributed by atoms with E-state index in [1.54, 1.807) is 0 Å². The summed E-state index contributed by atoms with van der Waals surface area (Å²) in [4.78, 5) is 11.5. The summed E-state index contributed by atoms with van der Waals surface area (Å²) < 4.78 is 1.92. The first kappa shape index (κ1) is 13.8. The van der Waals surface area contributed by atoms with Gasteiger partial charge < -0.3 is 4.67 Å². The summed E-state index contributed by atoms with van der Waals surface area (Å²) in [6.45, 7) is 4.10. The van der Waals surface area contributed by atoms with E-state index < -0.39 is 8.07 Å². The molecule has 0 aliphatic heterocycles. The number of carbonyl (C=O) groups is 1. The van der Waals surface area contributed by atoms with Crippen LogP contribution in [0.5, 0.6) is 0 Å². The van der Waals surface area contributed by atoms with Crippen LogP contribution in [0.3, 0.4) is 0 Å². The molecule has 2 nitrogen and oxygen atoms in total. The third-order valence-corrected chi connectivity index (χ3v) is 5.46. The van der Waals surface area contributed by atoms with E-state index >= 15 is 0 Å². The summed E-state index contributed by atoms with van der Waals surface area (Å²) in [5.74, 6) is 0. The number of hydrogen-bond acceptors (Lipinski definition) is 1. The predicted octanol–water partition coefficient (Wildman–Crippen LogP) is 2.90. The van der Waals surface area contributed by atoms with Gasteiger partial charge in [-0.3, -0.25) is 4.79 Å². The summed E-state index contributed by atoms with van der Waals surface area (Å²) in [5.41, 5.74) is 0. The monoisotopic (exact) mass is 271 g/mol. The van der Waals surface area contributed by atoms with Gasteiger partial charge in [0.05, 0.1) is 8.07 Å². The van der Waals surface area contributed by atoms with Gasteiger partial charge in [-0.15, -0.1) is 0 Å². The van der Waals surface area contributed by atoms with Crippen LogP contribution in [0.2, 0.25) is 0 Å². The molecule has 0 spiro atoms. The van der Waals surface area contributed by atoms with Crippen molar-refractivity contribution in [1.29, 1.82) is 0 Å². The number of nitrogens with zero attached hydrogens (tertiary/aromatic N) is 1. The summed E-state index contributed by atoms with van der Waals surface area (Å²) in [6, 6.07) is 20.7. The van der Waals surface area contributed by atoms with Gasteiger partial charge in [-0.25, -0.2) is 0 Å². The van der Waals surface area contributed by atoms with Crippen molar-refractivity contribution in [1.82, 2.24) is 4.67 Å². The number of hydrogen-bond donors (Lipinski definition) is 0. The van der Waals surface area contributed by atoms with E-state index in [-0.39, 0.29) is 6.04 Å². The van der Waals surface area contributed by atoms with Gasteiger partial charge in [0.1, 0.15) is 0 Å².